The topological polar surface area (TPSA) is 94.2 Å². The zero-order valence-corrected chi connectivity index (χ0v) is 20.4. The Morgan fingerprint density at radius 2 is 1.62 bits per heavy atom. The Balaban J connectivity index is 1.42. The fourth-order valence-electron chi connectivity index (χ4n) is 4.33. The van der Waals surface area contributed by atoms with Gasteiger partial charge in [-0.2, -0.15) is 10.2 Å². The number of hydrogen-bond acceptors (Lipinski definition) is 6. The molecule has 5 aromatic rings. The van der Waals surface area contributed by atoms with Crippen LogP contribution in [0.2, 0.25) is 0 Å². The summed E-state index contributed by atoms with van der Waals surface area (Å²) >= 11 is 1.08. The lowest BCUT2D eigenvalue weighted by Gasteiger charge is -2.07. The summed E-state index contributed by atoms with van der Waals surface area (Å²) in [5.74, 6) is -1.05. The van der Waals surface area contributed by atoms with Crippen molar-refractivity contribution in [3.05, 3.63) is 111 Å². The summed E-state index contributed by atoms with van der Waals surface area (Å²) in [6, 6.07) is 23.1. The van der Waals surface area contributed by atoms with Gasteiger partial charge in [-0.15, -0.1) is 5.10 Å². The Labute approximate surface area is 214 Å². The van der Waals surface area contributed by atoms with E-state index < -0.39 is 5.91 Å². The van der Waals surface area contributed by atoms with Crippen LogP contribution in [-0.2, 0) is 6.42 Å². The smallest absolute Gasteiger partial charge is 0.292 e. The Morgan fingerprint density at radius 3 is 2.38 bits per heavy atom. The van der Waals surface area contributed by atoms with Crippen molar-refractivity contribution >= 4 is 23.0 Å². The molecule has 0 spiro atoms. The van der Waals surface area contributed by atoms with E-state index in [1.165, 1.54) is 23.7 Å². The molecular weight excluding hydrogens is 491 g/mol. The highest BCUT2D eigenvalue weighted by atomic mass is 32.1. The summed E-state index contributed by atoms with van der Waals surface area (Å²) in [6.07, 6.45) is 0.536. The van der Waals surface area contributed by atoms with Gasteiger partial charge in [0.2, 0.25) is 4.80 Å². The predicted molar refractivity (Wildman–Crippen MR) is 136 cm³/mol. The summed E-state index contributed by atoms with van der Waals surface area (Å²) in [6.45, 7) is 1.43. The van der Waals surface area contributed by atoms with Crippen LogP contribution in [0.1, 0.15) is 38.3 Å². The van der Waals surface area contributed by atoms with Gasteiger partial charge in [-0.25, -0.2) is 19.2 Å². The molecule has 0 aliphatic heterocycles. The maximum atomic E-state index is 13.6. The van der Waals surface area contributed by atoms with Gasteiger partial charge in [0.05, 0.1) is 17.1 Å². The highest BCUT2D eigenvalue weighted by Gasteiger charge is 2.31. The molecular formula is C27H19FN6O2S. The van der Waals surface area contributed by atoms with Crippen molar-refractivity contribution in [2.24, 2.45) is 5.10 Å². The zero-order chi connectivity index (χ0) is 25.5. The lowest BCUT2D eigenvalue weighted by Crippen LogP contribution is -2.25. The first-order chi connectivity index (χ1) is 18.0. The van der Waals surface area contributed by atoms with Gasteiger partial charge in [0.1, 0.15) is 5.82 Å². The summed E-state index contributed by atoms with van der Waals surface area (Å²) in [4.78, 5) is 25.7. The van der Waals surface area contributed by atoms with E-state index in [1.54, 1.807) is 16.8 Å². The number of halogens is 1. The Bertz CT molecular complexity index is 1740. The third kappa shape index (κ3) is 4.07. The molecule has 37 heavy (non-hydrogen) atoms. The number of carbonyl (C=O) groups excluding carboxylic acids is 2. The standard InChI is InChI=1S/C27H19FN6O2S/c1-16(35)26-32-34(19-8-3-2-4-9-19)27(37-26)30-29-25(36)23-22-15-17-7-5-6-10-21(17)24(22)33(31-23)20-13-11-18(28)12-14-20/h2-14H,15H2,1H3,(H,29,36)/b30-27-. The highest BCUT2D eigenvalue weighted by molar-refractivity contribution is 7.10. The number of nitrogens with one attached hydrogen (secondary N) is 1. The average molecular weight is 511 g/mol. The number of fused-ring (bicyclic) bond motifs is 3. The van der Waals surface area contributed by atoms with Crippen LogP contribution >= 0.6 is 11.3 Å². The molecule has 10 heteroatoms. The van der Waals surface area contributed by atoms with Crippen molar-refractivity contribution < 1.29 is 14.0 Å². The second-order valence-corrected chi connectivity index (χ2v) is 9.40. The maximum absolute atomic E-state index is 13.6. The second-order valence-electron chi connectivity index (χ2n) is 8.44. The highest BCUT2D eigenvalue weighted by Crippen LogP contribution is 2.39. The summed E-state index contributed by atoms with van der Waals surface area (Å²) in [5, 5.41) is 13.5. The average Bonchev–Trinajstić information content (AvgIpc) is 3.61. The summed E-state index contributed by atoms with van der Waals surface area (Å²) in [7, 11) is 0. The van der Waals surface area contributed by atoms with Crippen LogP contribution in [0.3, 0.4) is 0 Å². The van der Waals surface area contributed by atoms with Gasteiger partial charge >= 0.3 is 0 Å². The Hall–Kier alpha value is -4.70. The molecule has 8 nitrogen and oxygen atoms in total. The van der Waals surface area contributed by atoms with E-state index in [-0.39, 0.29) is 22.3 Å². The SMILES string of the molecule is CC(=O)c1nn(-c2ccccc2)/c(=N/NC(=O)c2nn(-c3ccc(F)cc3)c3c2Cc2ccccc2-3)s1. The number of nitrogens with zero attached hydrogens (tertiary/aromatic N) is 5. The van der Waals surface area contributed by atoms with Gasteiger partial charge in [0, 0.05) is 24.5 Å². The molecule has 3 aromatic carbocycles. The first kappa shape index (κ1) is 22.7. The van der Waals surface area contributed by atoms with Crippen molar-refractivity contribution in [2.75, 3.05) is 0 Å². The van der Waals surface area contributed by atoms with Gasteiger partial charge in [-0.05, 0) is 42.0 Å². The van der Waals surface area contributed by atoms with E-state index in [0.717, 1.165) is 33.7 Å². The number of para-hydroxylation sites is 1. The number of ketones is 1. The zero-order valence-electron chi connectivity index (χ0n) is 19.6. The fraction of sp³-hybridized carbons (Fsp3) is 0.0741. The van der Waals surface area contributed by atoms with Gasteiger partial charge in [0.15, 0.2) is 16.5 Å². The van der Waals surface area contributed by atoms with Crippen LogP contribution in [-0.4, -0.2) is 31.3 Å². The fourth-order valence-corrected chi connectivity index (χ4v) is 5.09. The molecule has 0 fully saturated rings. The second kappa shape index (κ2) is 9.07. The van der Waals surface area contributed by atoms with E-state index in [2.05, 4.69) is 20.7 Å². The molecule has 6 rings (SSSR count). The normalized spacial score (nSPS) is 12.3. The van der Waals surface area contributed by atoms with Crippen LogP contribution in [0.15, 0.2) is 84.0 Å². The number of aromatic nitrogens is 4. The third-order valence-corrected chi connectivity index (χ3v) is 7.03. The molecule has 0 atom stereocenters. The number of amides is 1. The van der Waals surface area contributed by atoms with Crippen LogP contribution in [0.25, 0.3) is 22.6 Å². The molecule has 0 radical (unpaired) electrons. The van der Waals surface area contributed by atoms with E-state index >= 15 is 0 Å². The number of carbonyl (C=O) groups is 2. The number of Topliss-reactive ketones (excluding diaryl/α,β-unsaturated/α-hetero) is 1. The minimum Gasteiger partial charge on any atom is -0.292 e. The molecule has 182 valence electrons. The van der Waals surface area contributed by atoms with Crippen molar-refractivity contribution in [3.8, 4) is 22.6 Å². The van der Waals surface area contributed by atoms with Gasteiger partial charge < -0.3 is 0 Å². The summed E-state index contributed by atoms with van der Waals surface area (Å²) in [5.41, 5.74) is 7.78. The minimum absolute atomic E-state index is 0.198. The summed E-state index contributed by atoms with van der Waals surface area (Å²) < 4.78 is 16.8. The molecule has 0 saturated carbocycles. The van der Waals surface area contributed by atoms with Crippen molar-refractivity contribution in [3.63, 3.8) is 0 Å². The molecule has 0 bridgehead atoms. The first-order valence-corrected chi connectivity index (χ1v) is 12.3. The van der Waals surface area contributed by atoms with Crippen LogP contribution in [0.5, 0.6) is 0 Å². The molecule has 0 saturated heterocycles. The van der Waals surface area contributed by atoms with E-state index in [9.17, 15) is 14.0 Å². The molecule has 1 N–H and O–H groups in total. The van der Waals surface area contributed by atoms with Crippen molar-refractivity contribution in [1.29, 1.82) is 0 Å². The van der Waals surface area contributed by atoms with Crippen molar-refractivity contribution in [1.82, 2.24) is 25.0 Å². The monoisotopic (exact) mass is 510 g/mol. The molecule has 1 aliphatic carbocycles. The third-order valence-electron chi connectivity index (χ3n) is 6.02. The van der Waals surface area contributed by atoms with Crippen molar-refractivity contribution in [2.45, 2.75) is 13.3 Å². The van der Waals surface area contributed by atoms with E-state index in [4.69, 9.17) is 0 Å². The maximum Gasteiger partial charge on any atom is 0.292 e. The lowest BCUT2D eigenvalue weighted by atomic mass is 10.1. The number of rotatable bonds is 5. The van der Waals surface area contributed by atoms with Crippen LogP contribution < -0.4 is 10.2 Å². The minimum atomic E-state index is -0.498. The largest absolute Gasteiger partial charge is 0.292 e. The molecule has 2 heterocycles. The lowest BCUT2D eigenvalue weighted by molar-refractivity contribution is 0.0945. The van der Waals surface area contributed by atoms with Gasteiger partial charge in [0.25, 0.3) is 5.91 Å². The Kier molecular flexibility index (Phi) is 5.57. The number of hydrogen-bond donors (Lipinski definition) is 1. The van der Waals surface area contributed by atoms with E-state index in [0.29, 0.717) is 22.6 Å². The molecule has 2 aromatic heterocycles. The van der Waals surface area contributed by atoms with Crippen LogP contribution in [0, 0.1) is 5.82 Å². The first-order valence-electron chi connectivity index (χ1n) is 11.5. The quantitative estimate of drug-likeness (QED) is 0.277. The predicted octanol–water partition coefficient (Wildman–Crippen LogP) is 4.28. The molecule has 1 aliphatic rings. The van der Waals surface area contributed by atoms with Gasteiger partial charge in [-0.1, -0.05) is 53.8 Å². The Morgan fingerprint density at radius 1 is 0.919 bits per heavy atom. The number of benzene rings is 3. The molecule has 0 unspecified atom stereocenters. The van der Waals surface area contributed by atoms with Gasteiger partial charge in [-0.3, -0.25) is 9.59 Å². The molecule has 1 amide bonds. The van der Waals surface area contributed by atoms with Crippen LogP contribution in [0.4, 0.5) is 4.39 Å². The van der Waals surface area contributed by atoms with E-state index in [1.807, 2.05) is 54.6 Å².